The second-order valence-corrected chi connectivity index (χ2v) is 8.25. The molecule has 10 heteroatoms. The lowest BCUT2D eigenvalue weighted by Gasteiger charge is -2.07. The van der Waals surface area contributed by atoms with E-state index in [0.29, 0.717) is 34.3 Å². The molecule has 0 atom stereocenters. The molecule has 2 amide bonds. The van der Waals surface area contributed by atoms with Crippen LogP contribution in [0.15, 0.2) is 71.8 Å². The number of amides is 2. The fourth-order valence-corrected chi connectivity index (χ4v) is 3.11. The normalized spacial score (nSPS) is 10.6. The van der Waals surface area contributed by atoms with E-state index in [2.05, 4.69) is 15.8 Å². The SMILES string of the molecule is CCCOc1ccc(C(=O)Oc2ccc(/C=N/NC(=O)CNC(=O)c3ccc(Cl)c(Cl)c3)cc2)cc1. The van der Waals surface area contributed by atoms with Crippen LogP contribution in [0.1, 0.15) is 39.6 Å². The highest BCUT2D eigenvalue weighted by molar-refractivity contribution is 6.42. The van der Waals surface area contributed by atoms with Crippen LogP contribution in [0, 0.1) is 0 Å². The van der Waals surface area contributed by atoms with Crippen molar-refractivity contribution < 1.29 is 23.9 Å². The maximum atomic E-state index is 12.3. The molecular formula is C26H23Cl2N3O5. The number of esters is 1. The molecule has 0 aliphatic rings. The Morgan fingerprint density at radius 1 is 0.889 bits per heavy atom. The summed E-state index contributed by atoms with van der Waals surface area (Å²) in [6, 6.07) is 17.7. The summed E-state index contributed by atoms with van der Waals surface area (Å²) in [6.07, 6.45) is 2.32. The van der Waals surface area contributed by atoms with Crippen molar-refractivity contribution in [2.45, 2.75) is 13.3 Å². The Balaban J connectivity index is 1.44. The molecule has 0 heterocycles. The van der Waals surface area contributed by atoms with Crippen molar-refractivity contribution in [2.24, 2.45) is 5.10 Å². The molecule has 0 spiro atoms. The van der Waals surface area contributed by atoms with E-state index in [0.717, 1.165) is 6.42 Å². The number of benzene rings is 3. The number of carbonyl (C=O) groups is 3. The molecule has 3 aromatic rings. The zero-order chi connectivity index (χ0) is 25.9. The average molecular weight is 528 g/mol. The van der Waals surface area contributed by atoms with Crippen LogP contribution in [-0.2, 0) is 4.79 Å². The van der Waals surface area contributed by atoms with Gasteiger partial charge in [-0.2, -0.15) is 5.10 Å². The predicted molar refractivity (Wildman–Crippen MR) is 138 cm³/mol. The smallest absolute Gasteiger partial charge is 0.343 e. The van der Waals surface area contributed by atoms with Crippen molar-refractivity contribution in [1.82, 2.24) is 10.7 Å². The van der Waals surface area contributed by atoms with Crippen LogP contribution in [0.25, 0.3) is 0 Å². The molecule has 3 aromatic carbocycles. The quantitative estimate of drug-likeness (QED) is 0.169. The molecule has 186 valence electrons. The Morgan fingerprint density at radius 2 is 1.56 bits per heavy atom. The summed E-state index contributed by atoms with van der Waals surface area (Å²) in [5.74, 6) is -0.431. The Morgan fingerprint density at radius 3 is 2.22 bits per heavy atom. The summed E-state index contributed by atoms with van der Waals surface area (Å²) in [4.78, 5) is 36.3. The second-order valence-electron chi connectivity index (χ2n) is 7.44. The van der Waals surface area contributed by atoms with Gasteiger partial charge in [-0.15, -0.1) is 0 Å². The summed E-state index contributed by atoms with van der Waals surface area (Å²) in [6.45, 7) is 2.35. The molecule has 0 bridgehead atoms. The molecule has 0 saturated heterocycles. The zero-order valence-electron chi connectivity index (χ0n) is 19.3. The van der Waals surface area contributed by atoms with Gasteiger partial charge in [0.1, 0.15) is 11.5 Å². The van der Waals surface area contributed by atoms with Gasteiger partial charge in [-0.1, -0.05) is 30.1 Å². The standard InChI is InChI=1S/C26H23Cl2N3O5/c1-2-13-35-20-10-5-18(6-11-20)26(34)36-21-8-3-17(4-9-21)15-30-31-24(32)16-29-25(33)19-7-12-22(27)23(28)14-19/h3-12,14-15H,2,13,16H2,1H3,(H,29,33)(H,31,32)/b30-15+. The van der Waals surface area contributed by atoms with Crippen molar-refractivity contribution >= 4 is 47.2 Å². The van der Waals surface area contributed by atoms with Crippen LogP contribution in [0.5, 0.6) is 11.5 Å². The number of rotatable bonds is 10. The molecule has 0 saturated carbocycles. The molecule has 0 radical (unpaired) electrons. The Hall–Kier alpha value is -3.88. The molecule has 36 heavy (non-hydrogen) atoms. The van der Waals surface area contributed by atoms with Gasteiger partial charge in [0.25, 0.3) is 11.8 Å². The Labute approximate surface area is 218 Å². The first-order valence-electron chi connectivity index (χ1n) is 11.0. The van der Waals surface area contributed by atoms with Gasteiger partial charge in [-0.25, -0.2) is 10.2 Å². The number of hydrogen-bond donors (Lipinski definition) is 2. The van der Waals surface area contributed by atoms with E-state index in [9.17, 15) is 14.4 Å². The van der Waals surface area contributed by atoms with Crippen molar-refractivity contribution in [2.75, 3.05) is 13.2 Å². The highest BCUT2D eigenvalue weighted by Crippen LogP contribution is 2.22. The minimum absolute atomic E-state index is 0.241. The van der Waals surface area contributed by atoms with Gasteiger partial charge in [0.05, 0.1) is 35.0 Å². The number of nitrogens with one attached hydrogen (secondary N) is 2. The lowest BCUT2D eigenvalue weighted by molar-refractivity contribution is -0.120. The van der Waals surface area contributed by atoms with Crippen LogP contribution in [-0.4, -0.2) is 37.1 Å². The zero-order valence-corrected chi connectivity index (χ0v) is 20.8. The first-order chi connectivity index (χ1) is 17.4. The van der Waals surface area contributed by atoms with Gasteiger partial charge in [-0.05, 0) is 78.7 Å². The summed E-state index contributed by atoms with van der Waals surface area (Å²) in [5, 5.41) is 6.88. The Kier molecular flexibility index (Phi) is 9.85. The van der Waals surface area contributed by atoms with E-state index < -0.39 is 17.8 Å². The van der Waals surface area contributed by atoms with E-state index in [1.165, 1.54) is 24.4 Å². The predicted octanol–water partition coefficient (Wildman–Crippen LogP) is 4.88. The van der Waals surface area contributed by atoms with Gasteiger partial charge in [-0.3, -0.25) is 9.59 Å². The lowest BCUT2D eigenvalue weighted by atomic mass is 10.2. The first-order valence-corrected chi connectivity index (χ1v) is 11.7. The number of hydrazone groups is 1. The van der Waals surface area contributed by atoms with Gasteiger partial charge in [0.2, 0.25) is 0 Å². The summed E-state index contributed by atoms with van der Waals surface area (Å²) in [7, 11) is 0. The minimum atomic E-state index is -0.517. The van der Waals surface area contributed by atoms with Crippen LogP contribution >= 0.6 is 23.2 Å². The maximum absolute atomic E-state index is 12.3. The van der Waals surface area contributed by atoms with Crippen molar-refractivity contribution in [1.29, 1.82) is 0 Å². The van der Waals surface area contributed by atoms with E-state index in [4.69, 9.17) is 32.7 Å². The monoisotopic (exact) mass is 527 g/mol. The number of carbonyl (C=O) groups excluding carboxylic acids is 3. The molecule has 0 aromatic heterocycles. The molecule has 0 unspecified atom stereocenters. The maximum Gasteiger partial charge on any atom is 0.343 e. The van der Waals surface area contributed by atoms with Crippen LogP contribution in [0.3, 0.4) is 0 Å². The summed E-state index contributed by atoms with van der Waals surface area (Å²) in [5.41, 5.74) is 3.66. The highest BCUT2D eigenvalue weighted by Gasteiger charge is 2.10. The van der Waals surface area contributed by atoms with E-state index in [1.807, 2.05) is 6.92 Å². The first kappa shape index (κ1) is 26.7. The molecule has 8 nitrogen and oxygen atoms in total. The van der Waals surface area contributed by atoms with E-state index in [1.54, 1.807) is 48.5 Å². The lowest BCUT2D eigenvalue weighted by Crippen LogP contribution is -2.34. The number of nitrogens with zero attached hydrogens (tertiary/aromatic N) is 1. The number of ether oxygens (including phenoxy) is 2. The fourth-order valence-electron chi connectivity index (χ4n) is 2.81. The molecule has 0 fully saturated rings. The van der Waals surface area contributed by atoms with Gasteiger partial charge < -0.3 is 14.8 Å². The Bertz CT molecular complexity index is 1250. The van der Waals surface area contributed by atoms with Crippen molar-refractivity contribution in [3.05, 3.63) is 93.5 Å². The largest absolute Gasteiger partial charge is 0.494 e. The third-order valence-corrected chi connectivity index (χ3v) is 5.39. The van der Waals surface area contributed by atoms with Gasteiger partial charge >= 0.3 is 5.97 Å². The molecule has 0 aliphatic heterocycles. The fraction of sp³-hybridized carbons (Fsp3) is 0.154. The van der Waals surface area contributed by atoms with Crippen molar-refractivity contribution in [3.63, 3.8) is 0 Å². The molecule has 3 rings (SSSR count). The molecule has 2 N–H and O–H groups in total. The van der Waals surface area contributed by atoms with Crippen LogP contribution in [0.4, 0.5) is 0 Å². The molecular weight excluding hydrogens is 505 g/mol. The average Bonchev–Trinajstić information content (AvgIpc) is 2.89. The van der Waals surface area contributed by atoms with E-state index in [-0.39, 0.29) is 17.1 Å². The van der Waals surface area contributed by atoms with Crippen LogP contribution in [0.2, 0.25) is 10.0 Å². The highest BCUT2D eigenvalue weighted by atomic mass is 35.5. The topological polar surface area (TPSA) is 106 Å². The minimum Gasteiger partial charge on any atom is -0.494 e. The van der Waals surface area contributed by atoms with Gasteiger partial charge in [0, 0.05) is 5.56 Å². The third-order valence-electron chi connectivity index (χ3n) is 4.65. The third kappa shape index (κ3) is 8.11. The molecule has 0 aliphatic carbocycles. The second kappa shape index (κ2) is 13.3. The van der Waals surface area contributed by atoms with E-state index >= 15 is 0 Å². The summed E-state index contributed by atoms with van der Waals surface area (Å²) >= 11 is 11.7. The number of hydrogen-bond acceptors (Lipinski definition) is 6. The van der Waals surface area contributed by atoms with Crippen LogP contribution < -0.4 is 20.2 Å². The summed E-state index contributed by atoms with van der Waals surface area (Å²) < 4.78 is 10.9. The van der Waals surface area contributed by atoms with Gasteiger partial charge in [0.15, 0.2) is 0 Å². The number of halogens is 2. The van der Waals surface area contributed by atoms with Crippen molar-refractivity contribution in [3.8, 4) is 11.5 Å².